The summed E-state index contributed by atoms with van der Waals surface area (Å²) >= 11 is 0. The summed E-state index contributed by atoms with van der Waals surface area (Å²) in [7, 11) is 0. The zero-order chi connectivity index (χ0) is 35.6. The fourth-order valence-corrected chi connectivity index (χ4v) is 8.63. The van der Waals surface area contributed by atoms with Crippen LogP contribution in [-0.2, 0) is 0 Å². The minimum atomic E-state index is 0.869. The van der Waals surface area contributed by atoms with E-state index >= 15 is 0 Å². The number of nitrogens with zero attached hydrogens (tertiary/aromatic N) is 1. The van der Waals surface area contributed by atoms with Gasteiger partial charge in [-0.25, -0.2) is 0 Å². The summed E-state index contributed by atoms with van der Waals surface area (Å²) in [6.07, 6.45) is 0. The molecule has 252 valence electrons. The topological polar surface area (TPSA) is 16.4 Å². The number of rotatable bonds is 5. The number of fused-ring (bicyclic) bond motifs is 8. The van der Waals surface area contributed by atoms with Crippen LogP contribution in [-0.4, -0.2) is 0 Å². The molecule has 54 heavy (non-hydrogen) atoms. The molecule has 0 amide bonds. The fraction of sp³-hybridized carbons (Fsp3) is 0. The molecule has 0 aliphatic heterocycles. The average molecular weight is 688 g/mol. The second-order valence-electron chi connectivity index (χ2n) is 14.0. The lowest BCUT2D eigenvalue weighted by Gasteiger charge is -2.30. The molecule has 11 rings (SSSR count). The highest BCUT2D eigenvalue weighted by Crippen LogP contribution is 2.50. The van der Waals surface area contributed by atoms with Gasteiger partial charge in [0.25, 0.3) is 0 Å². The number of furan rings is 1. The van der Waals surface area contributed by atoms with Crippen molar-refractivity contribution in [1.82, 2.24) is 0 Å². The highest BCUT2D eigenvalue weighted by atomic mass is 16.3. The van der Waals surface area contributed by atoms with Crippen molar-refractivity contribution in [3.05, 3.63) is 200 Å². The van der Waals surface area contributed by atoms with E-state index in [2.05, 4.69) is 205 Å². The minimum Gasteiger partial charge on any atom is -0.455 e. The largest absolute Gasteiger partial charge is 0.455 e. The van der Waals surface area contributed by atoms with Gasteiger partial charge in [0.2, 0.25) is 0 Å². The Bertz CT molecular complexity index is 3220. The Morgan fingerprint density at radius 1 is 0.296 bits per heavy atom. The lowest BCUT2D eigenvalue weighted by Crippen LogP contribution is -2.12. The lowest BCUT2D eigenvalue weighted by atomic mass is 9.93. The molecule has 0 aliphatic carbocycles. The van der Waals surface area contributed by atoms with Gasteiger partial charge in [-0.15, -0.1) is 0 Å². The summed E-state index contributed by atoms with van der Waals surface area (Å²) in [6.45, 7) is 0. The van der Waals surface area contributed by atoms with Gasteiger partial charge in [0.15, 0.2) is 0 Å². The Morgan fingerprint density at radius 3 is 1.72 bits per heavy atom. The second kappa shape index (κ2) is 12.2. The van der Waals surface area contributed by atoms with Crippen molar-refractivity contribution in [2.75, 3.05) is 4.90 Å². The first-order valence-electron chi connectivity index (χ1n) is 18.5. The van der Waals surface area contributed by atoms with Crippen molar-refractivity contribution in [1.29, 1.82) is 0 Å². The highest BCUT2D eigenvalue weighted by molar-refractivity contribution is 6.22. The molecule has 0 fully saturated rings. The van der Waals surface area contributed by atoms with Crippen LogP contribution in [0.25, 0.3) is 87.3 Å². The van der Waals surface area contributed by atoms with Crippen molar-refractivity contribution in [2.45, 2.75) is 0 Å². The molecular weight excluding hydrogens is 655 g/mol. The van der Waals surface area contributed by atoms with E-state index in [1.807, 2.05) is 0 Å². The van der Waals surface area contributed by atoms with Gasteiger partial charge in [0.1, 0.15) is 11.2 Å². The Labute approximate surface area is 312 Å². The molecule has 0 unspecified atom stereocenters. The molecule has 0 saturated carbocycles. The van der Waals surface area contributed by atoms with E-state index in [-0.39, 0.29) is 0 Å². The third kappa shape index (κ3) is 4.67. The molecule has 1 aromatic heterocycles. The average Bonchev–Trinajstić information content (AvgIpc) is 3.64. The third-order valence-electron chi connectivity index (χ3n) is 11.0. The van der Waals surface area contributed by atoms with E-state index in [4.69, 9.17) is 4.42 Å². The molecule has 2 heteroatoms. The smallest absolute Gasteiger partial charge is 0.145 e. The molecular formula is C52H33NO. The van der Waals surface area contributed by atoms with Crippen LogP contribution in [0.4, 0.5) is 17.1 Å². The van der Waals surface area contributed by atoms with Gasteiger partial charge in [0.05, 0.1) is 22.4 Å². The lowest BCUT2D eigenvalue weighted by molar-refractivity contribution is 0.670. The highest BCUT2D eigenvalue weighted by Gasteiger charge is 2.26. The zero-order valence-corrected chi connectivity index (χ0v) is 29.4. The van der Waals surface area contributed by atoms with Crippen LogP contribution in [0.3, 0.4) is 0 Å². The van der Waals surface area contributed by atoms with Gasteiger partial charge in [-0.2, -0.15) is 0 Å². The summed E-state index contributed by atoms with van der Waals surface area (Å²) in [5.41, 5.74) is 9.69. The minimum absolute atomic E-state index is 0.869. The molecule has 0 radical (unpaired) electrons. The van der Waals surface area contributed by atoms with E-state index < -0.39 is 0 Å². The molecule has 0 bridgehead atoms. The molecule has 10 aromatic carbocycles. The first-order chi connectivity index (χ1) is 26.8. The van der Waals surface area contributed by atoms with Gasteiger partial charge in [-0.05, 0) is 79.3 Å². The Morgan fingerprint density at radius 2 is 0.870 bits per heavy atom. The summed E-state index contributed by atoms with van der Waals surface area (Å²) < 4.78 is 6.94. The number of hydrogen-bond donors (Lipinski definition) is 0. The molecule has 0 atom stereocenters. The zero-order valence-electron chi connectivity index (χ0n) is 29.4. The van der Waals surface area contributed by atoms with E-state index in [0.717, 1.165) is 50.1 Å². The van der Waals surface area contributed by atoms with E-state index in [1.54, 1.807) is 0 Å². The predicted octanol–water partition coefficient (Wildman–Crippen LogP) is 15.0. The van der Waals surface area contributed by atoms with E-state index in [0.29, 0.717) is 0 Å². The second-order valence-corrected chi connectivity index (χ2v) is 14.0. The van der Waals surface area contributed by atoms with Crippen LogP contribution in [0.5, 0.6) is 0 Å². The standard InChI is InChI=1S/C52H33NO/c1-2-14-34(15-3-1)39-30-32-46(43-23-9-8-22-41(39)43)53(47-26-13-19-37-29-28-36-17-5-7-21-40(36)50(37)47)48-33-31-44(42-25-12-18-35-16-4-6-20-38(35)42)52-51(48)45-24-10-11-27-49(45)54-52/h1-33H. The van der Waals surface area contributed by atoms with Crippen LogP contribution < -0.4 is 4.90 Å². The summed E-state index contributed by atoms with van der Waals surface area (Å²) in [6, 6.07) is 72.2. The molecule has 0 aliphatic rings. The summed E-state index contributed by atoms with van der Waals surface area (Å²) in [5, 5.41) is 11.8. The molecule has 0 spiro atoms. The first kappa shape index (κ1) is 30.5. The van der Waals surface area contributed by atoms with Crippen molar-refractivity contribution < 1.29 is 4.42 Å². The molecule has 0 N–H and O–H groups in total. The van der Waals surface area contributed by atoms with Crippen LogP contribution >= 0.6 is 0 Å². The summed E-state index contributed by atoms with van der Waals surface area (Å²) in [5.74, 6) is 0. The molecule has 0 saturated heterocycles. The predicted molar refractivity (Wildman–Crippen MR) is 229 cm³/mol. The third-order valence-corrected chi connectivity index (χ3v) is 11.0. The molecule has 1 heterocycles. The number of para-hydroxylation sites is 1. The number of hydrogen-bond acceptors (Lipinski definition) is 2. The van der Waals surface area contributed by atoms with Gasteiger partial charge < -0.3 is 9.32 Å². The fourth-order valence-electron chi connectivity index (χ4n) is 8.63. The molecule has 2 nitrogen and oxygen atoms in total. The van der Waals surface area contributed by atoms with E-state index in [1.165, 1.54) is 54.2 Å². The van der Waals surface area contributed by atoms with E-state index in [9.17, 15) is 0 Å². The Kier molecular flexibility index (Phi) is 6.90. The first-order valence-corrected chi connectivity index (χ1v) is 18.5. The van der Waals surface area contributed by atoms with Crippen LogP contribution in [0.2, 0.25) is 0 Å². The number of benzene rings is 10. The maximum atomic E-state index is 6.94. The Hall–Kier alpha value is -7.16. The van der Waals surface area contributed by atoms with Crippen LogP contribution in [0, 0.1) is 0 Å². The van der Waals surface area contributed by atoms with Crippen molar-refractivity contribution in [3.63, 3.8) is 0 Å². The summed E-state index contributed by atoms with van der Waals surface area (Å²) in [4.78, 5) is 2.49. The quantitative estimate of drug-likeness (QED) is 0.168. The van der Waals surface area contributed by atoms with Gasteiger partial charge in [-0.3, -0.25) is 0 Å². The normalized spacial score (nSPS) is 11.7. The monoisotopic (exact) mass is 687 g/mol. The molecule has 11 aromatic rings. The van der Waals surface area contributed by atoms with Crippen molar-refractivity contribution >= 4 is 82.1 Å². The van der Waals surface area contributed by atoms with Crippen LogP contribution in [0.1, 0.15) is 0 Å². The van der Waals surface area contributed by atoms with Crippen molar-refractivity contribution in [2.24, 2.45) is 0 Å². The van der Waals surface area contributed by atoms with Crippen molar-refractivity contribution in [3.8, 4) is 22.3 Å². The maximum absolute atomic E-state index is 6.94. The SMILES string of the molecule is c1ccc(-c2ccc(N(c3cccc4ccc5ccccc5c34)c3ccc(-c4cccc5ccccc45)c4oc5ccccc5c34)c3ccccc23)cc1. The van der Waals surface area contributed by atoms with Gasteiger partial charge in [0, 0.05) is 21.7 Å². The number of anilines is 3. The van der Waals surface area contributed by atoms with Crippen LogP contribution in [0.15, 0.2) is 205 Å². The maximum Gasteiger partial charge on any atom is 0.145 e. The Balaban J connectivity index is 1.29. The van der Waals surface area contributed by atoms with Gasteiger partial charge in [-0.1, -0.05) is 170 Å². The van der Waals surface area contributed by atoms with Gasteiger partial charge >= 0.3 is 0 Å².